The number of amides is 1. The lowest BCUT2D eigenvalue weighted by atomic mass is 10.2. The Bertz CT molecular complexity index is 619. The van der Waals surface area contributed by atoms with Crippen molar-refractivity contribution in [3.05, 3.63) is 45.6 Å². The number of hydrogen-bond donors (Lipinski definition) is 2. The number of hydrogen-bond acceptors (Lipinski definition) is 4. The molecule has 2 aromatic rings. The summed E-state index contributed by atoms with van der Waals surface area (Å²) in [4.78, 5) is 14.4. The first-order valence-electron chi connectivity index (χ1n) is 7.12. The van der Waals surface area contributed by atoms with Crippen LogP contribution in [0.5, 0.6) is 5.75 Å². The maximum Gasteiger partial charge on any atom is 0.265 e. The van der Waals surface area contributed by atoms with Gasteiger partial charge >= 0.3 is 0 Å². The van der Waals surface area contributed by atoms with E-state index in [9.17, 15) is 4.79 Å². The molecule has 0 saturated carbocycles. The van der Waals surface area contributed by atoms with Gasteiger partial charge in [0.1, 0.15) is 12.4 Å². The van der Waals surface area contributed by atoms with Crippen molar-refractivity contribution < 1.29 is 9.53 Å². The van der Waals surface area contributed by atoms with Crippen molar-refractivity contribution in [2.24, 2.45) is 5.73 Å². The summed E-state index contributed by atoms with van der Waals surface area (Å²) in [5, 5.41) is 2.92. The van der Waals surface area contributed by atoms with E-state index in [-0.39, 0.29) is 18.3 Å². The van der Waals surface area contributed by atoms with E-state index in [1.165, 1.54) is 16.9 Å². The Kier molecular flexibility index (Phi) is 5.83. The number of nitrogens with one attached hydrogen (secondary N) is 1. The quantitative estimate of drug-likeness (QED) is 0.879. The topological polar surface area (TPSA) is 64.3 Å². The number of carbonyl (C=O) groups is 1. The number of fused-ring (bicyclic) bond motifs is 1. The van der Waals surface area contributed by atoms with E-state index < -0.39 is 0 Å². The van der Waals surface area contributed by atoms with E-state index in [4.69, 9.17) is 10.5 Å². The number of carbonyl (C=O) groups excluding carboxylic acids is 1. The average Bonchev–Trinajstić information content (AvgIpc) is 3.07. The molecule has 118 valence electrons. The third-order valence-electron chi connectivity index (χ3n) is 3.47. The van der Waals surface area contributed by atoms with Gasteiger partial charge in [-0.1, -0.05) is 0 Å². The smallest absolute Gasteiger partial charge is 0.265 e. The maximum atomic E-state index is 12.2. The minimum Gasteiger partial charge on any atom is -0.492 e. The van der Waals surface area contributed by atoms with Crippen LogP contribution in [0.25, 0.3) is 0 Å². The minimum absolute atomic E-state index is 0. The van der Waals surface area contributed by atoms with Crippen LogP contribution in [-0.4, -0.2) is 19.1 Å². The SMILES string of the molecule is Cl.NCCOc1ccc(NC(=O)c2cc3c(s2)CCC3)cc1. The first-order valence-corrected chi connectivity index (χ1v) is 7.94. The Morgan fingerprint density at radius 3 is 2.73 bits per heavy atom. The number of ether oxygens (including phenoxy) is 1. The molecule has 0 bridgehead atoms. The molecule has 3 rings (SSSR count). The van der Waals surface area contributed by atoms with Crippen molar-refractivity contribution in [3.63, 3.8) is 0 Å². The molecule has 1 amide bonds. The predicted octanol–water partition coefficient (Wildman–Crippen LogP) is 3.25. The molecule has 0 atom stereocenters. The van der Waals surface area contributed by atoms with Crippen molar-refractivity contribution in [1.29, 1.82) is 0 Å². The zero-order valence-electron chi connectivity index (χ0n) is 12.1. The minimum atomic E-state index is -0.0370. The Morgan fingerprint density at radius 1 is 1.27 bits per heavy atom. The van der Waals surface area contributed by atoms with Crippen molar-refractivity contribution >= 4 is 35.3 Å². The van der Waals surface area contributed by atoms with Gasteiger partial charge in [0.15, 0.2) is 0 Å². The number of rotatable bonds is 5. The molecular formula is C16H19ClN2O2S. The number of nitrogens with two attached hydrogens (primary N) is 1. The average molecular weight is 339 g/mol. The summed E-state index contributed by atoms with van der Waals surface area (Å²) in [5.41, 5.74) is 7.50. The van der Waals surface area contributed by atoms with Crippen LogP contribution >= 0.6 is 23.7 Å². The molecule has 4 nitrogen and oxygen atoms in total. The molecular weight excluding hydrogens is 320 g/mol. The van der Waals surface area contributed by atoms with Crippen LogP contribution in [0.1, 0.15) is 26.5 Å². The van der Waals surface area contributed by atoms with Crippen LogP contribution in [0.4, 0.5) is 5.69 Å². The summed E-state index contributed by atoms with van der Waals surface area (Å²) in [5.74, 6) is 0.721. The summed E-state index contributed by atoms with van der Waals surface area (Å²) < 4.78 is 5.41. The van der Waals surface area contributed by atoms with Gasteiger partial charge < -0.3 is 15.8 Å². The largest absolute Gasteiger partial charge is 0.492 e. The third kappa shape index (κ3) is 3.80. The second-order valence-corrected chi connectivity index (χ2v) is 6.17. The fourth-order valence-corrected chi connectivity index (χ4v) is 3.59. The normalized spacial score (nSPS) is 12.4. The first-order chi connectivity index (χ1) is 10.3. The molecule has 22 heavy (non-hydrogen) atoms. The Hall–Kier alpha value is -1.56. The lowest BCUT2D eigenvalue weighted by Crippen LogP contribution is -2.11. The number of benzene rings is 1. The van der Waals surface area contributed by atoms with E-state index in [1.807, 2.05) is 30.3 Å². The summed E-state index contributed by atoms with van der Waals surface area (Å²) in [6.45, 7) is 0.980. The summed E-state index contributed by atoms with van der Waals surface area (Å²) in [6, 6.07) is 9.37. The zero-order valence-corrected chi connectivity index (χ0v) is 13.8. The number of thiophene rings is 1. The molecule has 3 N–H and O–H groups in total. The molecule has 1 aromatic carbocycles. The van der Waals surface area contributed by atoms with Crippen molar-refractivity contribution in [2.45, 2.75) is 19.3 Å². The molecule has 1 aromatic heterocycles. The molecule has 1 heterocycles. The standard InChI is InChI=1S/C16H18N2O2S.ClH/c17-8-9-20-13-6-4-12(5-7-13)18-16(19)15-10-11-2-1-3-14(11)21-15;/h4-7,10H,1-3,8-9,17H2,(H,18,19);1H. The summed E-state index contributed by atoms with van der Waals surface area (Å²) in [6.07, 6.45) is 3.43. The molecule has 0 unspecified atom stereocenters. The van der Waals surface area contributed by atoms with Gasteiger partial charge in [-0.2, -0.15) is 0 Å². The van der Waals surface area contributed by atoms with Gasteiger partial charge in [-0.25, -0.2) is 0 Å². The Labute approximate surface area is 140 Å². The molecule has 0 fully saturated rings. The van der Waals surface area contributed by atoms with Crippen molar-refractivity contribution in [3.8, 4) is 5.75 Å². The second-order valence-electron chi connectivity index (χ2n) is 5.03. The van der Waals surface area contributed by atoms with Gasteiger partial charge in [0.05, 0.1) is 4.88 Å². The van der Waals surface area contributed by atoms with E-state index in [0.717, 1.165) is 29.2 Å². The maximum absolute atomic E-state index is 12.2. The summed E-state index contributed by atoms with van der Waals surface area (Å²) in [7, 11) is 0. The Morgan fingerprint density at radius 2 is 2.05 bits per heavy atom. The van der Waals surface area contributed by atoms with Gasteiger partial charge in [-0.05, 0) is 55.2 Å². The molecule has 0 radical (unpaired) electrons. The third-order valence-corrected chi connectivity index (χ3v) is 4.71. The number of anilines is 1. The number of halogens is 1. The number of aryl methyl sites for hydroxylation is 2. The summed E-state index contributed by atoms with van der Waals surface area (Å²) >= 11 is 1.61. The Balaban J connectivity index is 0.00000176. The highest BCUT2D eigenvalue weighted by atomic mass is 35.5. The van der Waals surface area contributed by atoms with Gasteiger partial charge in [0.25, 0.3) is 5.91 Å². The highest BCUT2D eigenvalue weighted by molar-refractivity contribution is 7.14. The lowest BCUT2D eigenvalue weighted by molar-refractivity contribution is 0.103. The van der Waals surface area contributed by atoms with Gasteiger partial charge in [0.2, 0.25) is 0 Å². The fourth-order valence-electron chi connectivity index (χ4n) is 2.44. The van der Waals surface area contributed by atoms with Crippen LogP contribution < -0.4 is 15.8 Å². The van der Waals surface area contributed by atoms with Gasteiger partial charge in [-0.3, -0.25) is 4.79 Å². The van der Waals surface area contributed by atoms with E-state index >= 15 is 0 Å². The van der Waals surface area contributed by atoms with Crippen molar-refractivity contribution in [1.82, 2.24) is 0 Å². The predicted molar refractivity (Wildman–Crippen MR) is 92.5 cm³/mol. The van der Waals surface area contributed by atoms with E-state index in [1.54, 1.807) is 11.3 Å². The zero-order chi connectivity index (χ0) is 14.7. The molecule has 0 aliphatic heterocycles. The lowest BCUT2D eigenvalue weighted by Gasteiger charge is -2.07. The fraction of sp³-hybridized carbons (Fsp3) is 0.312. The second kappa shape index (κ2) is 7.63. The molecule has 0 saturated heterocycles. The van der Waals surface area contributed by atoms with Crippen LogP contribution in [0.3, 0.4) is 0 Å². The van der Waals surface area contributed by atoms with E-state index in [0.29, 0.717) is 13.2 Å². The molecule has 1 aliphatic carbocycles. The monoisotopic (exact) mass is 338 g/mol. The van der Waals surface area contributed by atoms with Crippen LogP contribution in [0, 0.1) is 0 Å². The van der Waals surface area contributed by atoms with Crippen molar-refractivity contribution in [2.75, 3.05) is 18.5 Å². The highest BCUT2D eigenvalue weighted by Gasteiger charge is 2.18. The molecule has 6 heteroatoms. The van der Waals surface area contributed by atoms with Gasteiger partial charge in [0, 0.05) is 17.1 Å². The molecule has 0 spiro atoms. The van der Waals surface area contributed by atoms with Crippen LogP contribution in [0.2, 0.25) is 0 Å². The van der Waals surface area contributed by atoms with Gasteiger partial charge in [-0.15, -0.1) is 23.7 Å². The molecule has 1 aliphatic rings. The van der Waals surface area contributed by atoms with Crippen LogP contribution in [0.15, 0.2) is 30.3 Å². The first kappa shape index (κ1) is 16.8. The highest BCUT2D eigenvalue weighted by Crippen LogP contribution is 2.31. The van der Waals surface area contributed by atoms with Crippen LogP contribution in [-0.2, 0) is 12.8 Å². The van der Waals surface area contributed by atoms with E-state index in [2.05, 4.69) is 5.32 Å².